The van der Waals surface area contributed by atoms with Gasteiger partial charge in [0.1, 0.15) is 32.3 Å². The molecule has 550 valence electrons. The fraction of sp³-hybridized carbons (Fsp3) is 0.738. The molecule has 0 spiro atoms. The summed E-state index contributed by atoms with van der Waals surface area (Å²) in [5.74, 6) is 2.84. The van der Waals surface area contributed by atoms with Crippen molar-refractivity contribution in [1.29, 1.82) is 0 Å². The maximum Gasteiger partial charge on any atom is 0.422 e. The second-order valence-corrected chi connectivity index (χ2v) is 16.0. The van der Waals surface area contributed by atoms with Gasteiger partial charge in [-0.2, -0.15) is 13.2 Å². The van der Waals surface area contributed by atoms with Gasteiger partial charge in [-0.15, -0.1) is 31.9 Å². The molecule has 0 aromatic rings. The number of halogens is 3. The number of ether oxygens (including phenoxy) is 15. The number of nitrogens with zero attached hydrogens (tertiary/aromatic N) is 3. The van der Waals surface area contributed by atoms with E-state index in [9.17, 15) is 37.1 Å². The Morgan fingerprint density at radius 2 is 1.06 bits per heavy atom. The molecule has 1 saturated heterocycles. The summed E-state index contributed by atoms with van der Waals surface area (Å²) in [7, 11) is 0. The summed E-state index contributed by atoms with van der Waals surface area (Å²) < 4.78 is 106. The lowest BCUT2D eigenvalue weighted by Crippen LogP contribution is -2.19. The van der Waals surface area contributed by atoms with Gasteiger partial charge in [-0.05, 0) is 79.3 Å². The van der Waals surface area contributed by atoms with E-state index < -0.39 is 24.7 Å². The van der Waals surface area contributed by atoms with Gasteiger partial charge in [-0.3, -0.25) is 9.59 Å². The Balaban J connectivity index is -0.0000000885. The molecule has 1 unspecified atom stereocenters. The predicted octanol–water partition coefficient (Wildman–Crippen LogP) is 11.1. The van der Waals surface area contributed by atoms with E-state index in [1.165, 1.54) is 6.92 Å². The third kappa shape index (κ3) is 180. The number of terminal acetylenes is 2. The number of carbonyl (C=O) groups excluding carboxylic acids is 4. The van der Waals surface area contributed by atoms with Crippen molar-refractivity contribution in [2.75, 3.05) is 179 Å². The molecular formula is C65H123F3N4O21. The molecule has 1 aliphatic heterocycles. The third-order valence-electron chi connectivity index (χ3n) is 7.89. The summed E-state index contributed by atoms with van der Waals surface area (Å²) in [4.78, 5) is 52.4. The molecule has 1 heterocycles. The van der Waals surface area contributed by atoms with E-state index in [0.717, 1.165) is 71.3 Å². The number of ketones is 1. The fourth-order valence-corrected chi connectivity index (χ4v) is 3.53. The lowest BCUT2D eigenvalue weighted by molar-refractivity contribution is -0.186. The van der Waals surface area contributed by atoms with Crippen molar-refractivity contribution in [2.24, 2.45) is 10.8 Å². The van der Waals surface area contributed by atoms with Crippen molar-refractivity contribution in [3.05, 3.63) is 60.6 Å². The third-order valence-corrected chi connectivity index (χ3v) is 7.89. The van der Waals surface area contributed by atoms with Crippen LogP contribution in [0.15, 0.2) is 55.2 Å². The molecule has 0 saturated carbocycles. The summed E-state index contributed by atoms with van der Waals surface area (Å²) in [6.07, 6.45) is 15.4. The predicted molar refractivity (Wildman–Crippen MR) is 358 cm³/mol. The summed E-state index contributed by atoms with van der Waals surface area (Å²) >= 11 is 0. The lowest BCUT2D eigenvalue weighted by Gasteiger charge is -2.05. The smallest absolute Gasteiger partial charge is 0.422 e. The van der Waals surface area contributed by atoms with Crippen LogP contribution < -0.4 is 5.73 Å². The highest BCUT2D eigenvalue weighted by molar-refractivity contribution is 5.93. The maximum atomic E-state index is 11.3. The molecule has 28 heteroatoms. The highest BCUT2D eigenvalue weighted by Crippen LogP contribution is 2.14. The average Bonchev–Trinajstić information content (AvgIpc) is 3.23. The first kappa shape index (κ1) is 112. The van der Waals surface area contributed by atoms with Crippen LogP contribution >= 0.6 is 0 Å². The number of hydrogen-bond acceptors (Lipinski definition) is 22. The van der Waals surface area contributed by atoms with Crippen molar-refractivity contribution in [3.63, 3.8) is 0 Å². The van der Waals surface area contributed by atoms with Crippen LogP contribution in [0.5, 0.6) is 0 Å². The highest BCUT2D eigenvalue weighted by atomic mass is 19.4. The zero-order valence-electron chi connectivity index (χ0n) is 58.9. The van der Waals surface area contributed by atoms with Gasteiger partial charge in [-0.25, -0.2) is 9.59 Å². The molecule has 25 nitrogen and oxygen atoms in total. The average molecular weight is 1350 g/mol. The van der Waals surface area contributed by atoms with E-state index >= 15 is 0 Å². The number of alkyl halides is 3. The van der Waals surface area contributed by atoms with Crippen LogP contribution in [0.3, 0.4) is 0 Å². The monoisotopic (exact) mass is 1350 g/mol. The van der Waals surface area contributed by atoms with Gasteiger partial charge in [0.05, 0.1) is 112 Å². The van der Waals surface area contributed by atoms with Gasteiger partial charge in [0, 0.05) is 76.3 Å². The number of esters is 2. The zero-order valence-corrected chi connectivity index (χ0v) is 58.9. The Morgan fingerprint density at radius 1 is 0.656 bits per heavy atom. The first-order chi connectivity index (χ1) is 44.5. The van der Waals surface area contributed by atoms with E-state index in [2.05, 4.69) is 69.3 Å². The van der Waals surface area contributed by atoms with E-state index in [1.807, 2.05) is 68.4 Å². The van der Waals surface area contributed by atoms with Gasteiger partial charge in [-0.1, -0.05) is 71.0 Å². The van der Waals surface area contributed by atoms with Crippen LogP contribution in [0.1, 0.15) is 129 Å². The summed E-state index contributed by atoms with van der Waals surface area (Å²) in [6.45, 7) is 51.1. The number of allylic oxidation sites excluding steroid dienone is 2. The molecular weight excluding hydrogens is 1230 g/mol. The summed E-state index contributed by atoms with van der Waals surface area (Å²) in [5, 5.41) is 11.3. The van der Waals surface area contributed by atoms with Gasteiger partial charge in [0.2, 0.25) is 0 Å². The zero-order chi connectivity index (χ0) is 73.6. The van der Waals surface area contributed by atoms with E-state index in [-0.39, 0.29) is 38.2 Å². The first-order valence-corrected chi connectivity index (χ1v) is 30.7. The molecule has 0 amide bonds. The Hall–Kier alpha value is -5.63. The van der Waals surface area contributed by atoms with Gasteiger partial charge < -0.3 is 86.7 Å². The molecule has 0 radical (unpaired) electrons. The number of carboxylic acid groups (broad SMARTS) is 1. The number of aliphatic carboxylic acids is 1. The minimum atomic E-state index is -4.41. The Bertz CT molecular complexity index is 1660. The number of epoxide rings is 1. The van der Waals surface area contributed by atoms with Crippen LogP contribution in [0.4, 0.5) is 13.2 Å². The fourth-order valence-electron chi connectivity index (χ4n) is 3.53. The normalized spacial score (nSPS) is 10.4. The van der Waals surface area contributed by atoms with Crippen molar-refractivity contribution in [2.45, 2.75) is 141 Å². The van der Waals surface area contributed by atoms with Crippen LogP contribution in [-0.4, -0.2) is 226 Å². The van der Waals surface area contributed by atoms with Crippen molar-refractivity contribution < 1.29 is 113 Å². The maximum absolute atomic E-state index is 11.3. The SMILES string of the molecule is C#CCC.C#CCOCCOCC.C=C(C)C(=O)CCC.C=CC(=O)OCC.C=CCC.C=CCOCCOCC.CCC(=O)OCC(F)(F)F.CCC=O.CCOCCOCC(=O)O.CCOCCOCC1CO1.CCOCCOCN.CCOCCOCN=[N+]=[N-]. The van der Waals surface area contributed by atoms with Gasteiger partial charge in [0.15, 0.2) is 12.4 Å². The van der Waals surface area contributed by atoms with E-state index in [1.54, 1.807) is 19.9 Å². The lowest BCUT2D eigenvalue weighted by atomic mass is 10.1. The van der Waals surface area contributed by atoms with E-state index in [0.29, 0.717) is 137 Å². The molecule has 0 bridgehead atoms. The standard InChI is InChI=1S/C7H14O3.C7H14O2.C7H12O2.C7H12O.C6H12O4.C5H7F3O2.C5H11N3O2.C5H13NO2.C5H8O2.C4H8.C4H6.C3H6O/c1-2-8-3-4-9-5-7-6-10-7;2*1-3-5-9-7-6-8-4-2;1-4-5-7(8)6(2)3;1-2-9-3-4-10-5-6(7)8;1-2-4(9)10-3-5(6,7)8;1-2-9-3-4-10-5-7-8-6;1-2-7-3-4-8-5-6;1-3-5(6)7-4-2;2*1-3-4-2;1-2-3-4/h7H,2-6H2,1H3;3H,1,4-7H2,2H3;1H,4-7H2,2H3;2,4-5H2,1,3H3;2-5H2,1H3,(H,7,8);2-3H2,1H3;2-5H2,1H3;2-6H2,1H3;3H,1,4H2,2H3;3H,1,4H2,2H3;1H,4H2,2H3;3H,2H2,1H3. The molecule has 1 rings (SSSR count). The molecule has 3 N–H and O–H groups in total. The number of hydrogen-bond donors (Lipinski definition) is 2. The van der Waals surface area contributed by atoms with Gasteiger partial charge in [0.25, 0.3) is 0 Å². The molecule has 0 aromatic heterocycles. The highest BCUT2D eigenvalue weighted by Gasteiger charge is 2.29. The topological polar surface area (TPSA) is 322 Å². The van der Waals surface area contributed by atoms with Crippen LogP contribution in [0, 0.1) is 24.7 Å². The quantitative estimate of drug-likeness (QED) is 0.00489. The number of carbonyl (C=O) groups is 5. The number of Topliss-reactive ketones (excluding diaryl/α,β-unsaturated/α-hetero) is 1. The minimum Gasteiger partial charge on any atom is -0.480 e. The van der Waals surface area contributed by atoms with Crippen molar-refractivity contribution in [1.82, 2.24) is 0 Å². The summed E-state index contributed by atoms with van der Waals surface area (Å²) in [6, 6.07) is 0. The Kier molecular flexibility index (Phi) is 137. The number of rotatable bonds is 43. The molecule has 93 heavy (non-hydrogen) atoms. The second-order valence-electron chi connectivity index (χ2n) is 16.0. The Labute approximate surface area is 557 Å². The van der Waals surface area contributed by atoms with Crippen LogP contribution in [0.25, 0.3) is 10.4 Å². The molecule has 1 atom stereocenters. The van der Waals surface area contributed by atoms with Crippen molar-refractivity contribution >= 4 is 30.0 Å². The number of nitrogens with two attached hydrogens (primary N) is 1. The van der Waals surface area contributed by atoms with Crippen LogP contribution in [0.2, 0.25) is 0 Å². The Morgan fingerprint density at radius 3 is 1.34 bits per heavy atom. The molecule has 0 aromatic carbocycles. The van der Waals surface area contributed by atoms with Gasteiger partial charge >= 0.3 is 24.1 Å². The number of aldehydes is 1. The summed E-state index contributed by atoms with van der Waals surface area (Å²) in [5.41, 5.74) is 13.5. The van der Waals surface area contributed by atoms with Crippen LogP contribution in [-0.2, 0) is 95.0 Å². The molecule has 0 aliphatic carbocycles. The van der Waals surface area contributed by atoms with Crippen molar-refractivity contribution in [3.8, 4) is 24.7 Å². The number of carboxylic acids is 1. The first-order valence-electron chi connectivity index (χ1n) is 30.7. The minimum absolute atomic E-state index is 0.0317. The molecule has 1 aliphatic rings. The second kappa shape index (κ2) is 114. The largest absolute Gasteiger partial charge is 0.480 e. The van der Waals surface area contributed by atoms with E-state index in [4.69, 9.17) is 86.1 Å². The molecule has 1 fully saturated rings. The number of azide groups is 1.